The summed E-state index contributed by atoms with van der Waals surface area (Å²) < 4.78 is 0. The summed E-state index contributed by atoms with van der Waals surface area (Å²) in [4.78, 5) is 4.51. The number of nitrogens with two attached hydrogens (primary N) is 1. The van der Waals surface area contributed by atoms with E-state index >= 15 is 0 Å². The zero-order valence-corrected chi connectivity index (χ0v) is 11.4. The van der Waals surface area contributed by atoms with Gasteiger partial charge < -0.3 is 5.73 Å². The second-order valence-corrected chi connectivity index (χ2v) is 4.43. The van der Waals surface area contributed by atoms with E-state index in [0.29, 0.717) is 5.82 Å². The first-order valence-electron chi connectivity index (χ1n) is 5.97. The lowest BCUT2D eigenvalue weighted by molar-refractivity contribution is 1.33. The van der Waals surface area contributed by atoms with E-state index in [1.54, 1.807) is 0 Å². The van der Waals surface area contributed by atoms with E-state index < -0.39 is 0 Å². The number of nitrogens with zero attached hydrogens (tertiary/aromatic N) is 1. The van der Waals surface area contributed by atoms with Crippen molar-refractivity contribution in [3.8, 4) is 11.3 Å². The summed E-state index contributed by atoms with van der Waals surface area (Å²) in [7, 11) is 0. The highest BCUT2D eigenvalue weighted by Crippen LogP contribution is 2.27. The highest BCUT2D eigenvalue weighted by molar-refractivity contribution is 5.93. The molecular formula is C16H15ClN2. The van der Waals surface area contributed by atoms with Gasteiger partial charge in [0.15, 0.2) is 0 Å². The highest BCUT2D eigenvalue weighted by atomic mass is 35.5. The Morgan fingerprint density at radius 1 is 0.947 bits per heavy atom. The van der Waals surface area contributed by atoms with Crippen molar-refractivity contribution in [1.29, 1.82) is 0 Å². The Labute approximate surface area is 118 Å². The first-order chi connectivity index (χ1) is 8.75. The normalized spacial score (nSPS) is 10.2. The van der Waals surface area contributed by atoms with Gasteiger partial charge in [-0.25, -0.2) is 4.98 Å². The van der Waals surface area contributed by atoms with E-state index in [1.807, 2.05) is 30.3 Å². The molecule has 0 aliphatic rings. The monoisotopic (exact) mass is 270 g/mol. The van der Waals surface area contributed by atoms with Crippen LogP contribution >= 0.6 is 12.4 Å². The first kappa shape index (κ1) is 13.4. The van der Waals surface area contributed by atoms with E-state index in [1.165, 1.54) is 5.56 Å². The molecule has 0 aliphatic carbocycles. The molecule has 19 heavy (non-hydrogen) atoms. The number of fused-ring (bicyclic) bond motifs is 1. The molecule has 2 N–H and O–H groups in total. The third-order valence-corrected chi connectivity index (χ3v) is 3.19. The van der Waals surface area contributed by atoms with Crippen molar-refractivity contribution >= 4 is 29.0 Å². The van der Waals surface area contributed by atoms with Crippen LogP contribution in [0.2, 0.25) is 0 Å². The SMILES string of the molecule is Cc1ccccc1-c1cc2ccccc2c(N)n1.Cl. The van der Waals surface area contributed by atoms with Crippen molar-refractivity contribution in [2.24, 2.45) is 0 Å². The minimum atomic E-state index is 0. The van der Waals surface area contributed by atoms with Crippen LogP contribution in [0, 0.1) is 6.92 Å². The van der Waals surface area contributed by atoms with Gasteiger partial charge in [0.25, 0.3) is 0 Å². The van der Waals surface area contributed by atoms with Crippen LogP contribution in [0.25, 0.3) is 22.0 Å². The van der Waals surface area contributed by atoms with Crippen molar-refractivity contribution in [3.05, 3.63) is 60.2 Å². The lowest BCUT2D eigenvalue weighted by Crippen LogP contribution is -1.95. The number of halogens is 1. The van der Waals surface area contributed by atoms with Gasteiger partial charge in [-0.15, -0.1) is 12.4 Å². The Balaban J connectivity index is 0.00000133. The maximum Gasteiger partial charge on any atom is 0.131 e. The van der Waals surface area contributed by atoms with Crippen molar-refractivity contribution < 1.29 is 0 Å². The molecule has 2 nitrogen and oxygen atoms in total. The van der Waals surface area contributed by atoms with Crippen molar-refractivity contribution in [3.63, 3.8) is 0 Å². The number of anilines is 1. The van der Waals surface area contributed by atoms with Crippen molar-refractivity contribution in [2.45, 2.75) is 6.92 Å². The zero-order valence-electron chi connectivity index (χ0n) is 10.6. The Kier molecular flexibility index (Phi) is 3.72. The van der Waals surface area contributed by atoms with E-state index in [4.69, 9.17) is 5.73 Å². The average molecular weight is 271 g/mol. The van der Waals surface area contributed by atoms with Gasteiger partial charge in [-0.05, 0) is 23.9 Å². The Hall–Kier alpha value is -2.06. The molecule has 3 aromatic rings. The van der Waals surface area contributed by atoms with Crippen molar-refractivity contribution in [2.75, 3.05) is 5.73 Å². The molecule has 0 aliphatic heterocycles. The quantitative estimate of drug-likeness (QED) is 0.719. The predicted molar refractivity (Wildman–Crippen MR) is 83.6 cm³/mol. The van der Waals surface area contributed by atoms with Crippen LogP contribution in [0.3, 0.4) is 0 Å². The Bertz CT molecular complexity index is 723. The summed E-state index contributed by atoms with van der Waals surface area (Å²) in [6.45, 7) is 2.09. The maximum absolute atomic E-state index is 6.03. The number of benzene rings is 2. The Morgan fingerprint density at radius 2 is 1.63 bits per heavy atom. The minimum absolute atomic E-state index is 0. The third-order valence-electron chi connectivity index (χ3n) is 3.19. The average Bonchev–Trinajstić information content (AvgIpc) is 2.39. The van der Waals surface area contributed by atoms with Gasteiger partial charge in [0.1, 0.15) is 5.82 Å². The number of aryl methyl sites for hydroxylation is 1. The molecule has 0 atom stereocenters. The summed E-state index contributed by atoms with van der Waals surface area (Å²) >= 11 is 0. The Morgan fingerprint density at radius 3 is 2.42 bits per heavy atom. The number of rotatable bonds is 1. The van der Waals surface area contributed by atoms with Gasteiger partial charge in [0.05, 0.1) is 5.69 Å². The smallest absolute Gasteiger partial charge is 0.131 e. The molecule has 2 aromatic carbocycles. The van der Waals surface area contributed by atoms with Gasteiger partial charge in [-0.2, -0.15) is 0 Å². The second-order valence-electron chi connectivity index (χ2n) is 4.43. The molecule has 3 rings (SSSR count). The molecule has 0 saturated carbocycles. The topological polar surface area (TPSA) is 38.9 Å². The molecule has 0 unspecified atom stereocenters. The van der Waals surface area contributed by atoms with Crippen LogP contribution in [-0.4, -0.2) is 4.98 Å². The van der Waals surface area contributed by atoms with Gasteiger partial charge in [-0.1, -0.05) is 48.5 Å². The molecule has 0 radical (unpaired) electrons. The number of hydrogen-bond donors (Lipinski definition) is 1. The number of pyridine rings is 1. The maximum atomic E-state index is 6.03. The summed E-state index contributed by atoms with van der Waals surface area (Å²) in [5.41, 5.74) is 9.31. The minimum Gasteiger partial charge on any atom is -0.383 e. The van der Waals surface area contributed by atoms with E-state index in [9.17, 15) is 0 Å². The molecule has 3 heteroatoms. The van der Waals surface area contributed by atoms with E-state index in [2.05, 4.69) is 36.2 Å². The largest absolute Gasteiger partial charge is 0.383 e. The van der Waals surface area contributed by atoms with Crippen LogP contribution in [0.4, 0.5) is 5.82 Å². The molecule has 0 bridgehead atoms. The summed E-state index contributed by atoms with van der Waals surface area (Å²) in [6, 6.07) is 18.4. The molecule has 0 fully saturated rings. The van der Waals surface area contributed by atoms with Crippen LogP contribution in [0.15, 0.2) is 54.6 Å². The third kappa shape index (κ3) is 2.40. The first-order valence-corrected chi connectivity index (χ1v) is 5.97. The molecule has 1 heterocycles. The van der Waals surface area contributed by atoms with Gasteiger partial charge in [0, 0.05) is 10.9 Å². The summed E-state index contributed by atoms with van der Waals surface area (Å²) in [6.07, 6.45) is 0. The molecule has 0 spiro atoms. The fourth-order valence-electron chi connectivity index (χ4n) is 2.22. The predicted octanol–water partition coefficient (Wildman–Crippen LogP) is 4.21. The molecule has 0 amide bonds. The van der Waals surface area contributed by atoms with Crippen LogP contribution < -0.4 is 5.73 Å². The van der Waals surface area contributed by atoms with E-state index in [0.717, 1.165) is 22.0 Å². The molecule has 1 aromatic heterocycles. The van der Waals surface area contributed by atoms with Gasteiger partial charge in [-0.3, -0.25) is 0 Å². The molecule has 0 saturated heterocycles. The lowest BCUT2D eigenvalue weighted by atomic mass is 10.0. The van der Waals surface area contributed by atoms with E-state index in [-0.39, 0.29) is 12.4 Å². The fraction of sp³-hybridized carbons (Fsp3) is 0.0625. The van der Waals surface area contributed by atoms with Gasteiger partial charge in [0.2, 0.25) is 0 Å². The fourth-order valence-corrected chi connectivity index (χ4v) is 2.22. The molecule has 96 valence electrons. The highest BCUT2D eigenvalue weighted by Gasteiger charge is 2.06. The summed E-state index contributed by atoms with van der Waals surface area (Å²) in [5.74, 6) is 0.589. The lowest BCUT2D eigenvalue weighted by Gasteiger charge is -2.08. The van der Waals surface area contributed by atoms with Crippen LogP contribution in [-0.2, 0) is 0 Å². The zero-order chi connectivity index (χ0) is 12.5. The number of nitrogen functional groups attached to an aromatic ring is 1. The second kappa shape index (κ2) is 5.29. The number of aromatic nitrogens is 1. The van der Waals surface area contributed by atoms with Gasteiger partial charge >= 0.3 is 0 Å². The standard InChI is InChI=1S/C16H14N2.ClH/c1-11-6-2-4-8-13(11)15-10-12-7-3-5-9-14(12)16(17)18-15;/h2-10H,1H3,(H2,17,18);1H. The van der Waals surface area contributed by atoms with Crippen LogP contribution in [0.5, 0.6) is 0 Å². The molecular weight excluding hydrogens is 256 g/mol. The summed E-state index contributed by atoms with van der Waals surface area (Å²) in [5, 5.41) is 2.14. The van der Waals surface area contributed by atoms with Crippen LogP contribution in [0.1, 0.15) is 5.56 Å². The number of hydrogen-bond acceptors (Lipinski definition) is 2. The van der Waals surface area contributed by atoms with Crippen molar-refractivity contribution in [1.82, 2.24) is 4.98 Å².